The number of anilines is 1. The molecule has 0 atom stereocenters. The third-order valence-corrected chi connectivity index (χ3v) is 3.64. The van der Waals surface area contributed by atoms with Gasteiger partial charge in [-0.2, -0.15) is 0 Å². The van der Waals surface area contributed by atoms with E-state index in [1.165, 1.54) is 0 Å². The Labute approximate surface area is 101 Å². The zero-order valence-corrected chi connectivity index (χ0v) is 10.5. The molecule has 0 aromatic carbocycles. The van der Waals surface area contributed by atoms with Gasteiger partial charge in [0.25, 0.3) is 5.92 Å². The Morgan fingerprint density at radius 1 is 1.47 bits per heavy atom. The third kappa shape index (κ3) is 2.38. The van der Waals surface area contributed by atoms with Crippen molar-refractivity contribution < 1.29 is 8.78 Å². The molecule has 2 nitrogen and oxygen atoms in total. The van der Waals surface area contributed by atoms with Crippen LogP contribution in [0.1, 0.15) is 12.1 Å². The molecule has 1 aliphatic rings. The van der Waals surface area contributed by atoms with Crippen molar-refractivity contribution in [3.63, 3.8) is 0 Å². The summed E-state index contributed by atoms with van der Waals surface area (Å²) >= 11 is 2.18. The van der Waals surface area contributed by atoms with Crippen molar-refractivity contribution in [1.82, 2.24) is 4.98 Å². The summed E-state index contributed by atoms with van der Waals surface area (Å²) in [6, 6.07) is 3.71. The Bertz CT molecular complexity index is 382. The van der Waals surface area contributed by atoms with Crippen LogP contribution in [0.2, 0.25) is 0 Å². The summed E-state index contributed by atoms with van der Waals surface area (Å²) in [5, 5.41) is 0. The van der Waals surface area contributed by atoms with Crippen molar-refractivity contribution in [3.8, 4) is 0 Å². The number of halogens is 3. The van der Waals surface area contributed by atoms with E-state index in [0.717, 1.165) is 9.26 Å². The largest absolute Gasteiger partial charge is 0.350 e. The van der Waals surface area contributed by atoms with Gasteiger partial charge in [0.05, 0.1) is 12.2 Å². The maximum atomic E-state index is 13.0. The number of aryl methyl sites for hydroxylation is 1. The van der Waals surface area contributed by atoms with E-state index < -0.39 is 5.92 Å². The predicted molar refractivity (Wildman–Crippen MR) is 63.5 cm³/mol. The summed E-state index contributed by atoms with van der Waals surface area (Å²) in [5.74, 6) is -1.90. The van der Waals surface area contributed by atoms with E-state index in [1.54, 1.807) is 11.0 Å². The van der Waals surface area contributed by atoms with Gasteiger partial charge in [0.2, 0.25) is 0 Å². The highest BCUT2D eigenvalue weighted by Crippen LogP contribution is 2.30. The average Bonchev–Trinajstić information content (AvgIpc) is 2.51. The Hall–Kier alpha value is -0.460. The number of aromatic nitrogens is 1. The SMILES string of the molecule is Cc1nc(N2CCC(F)(F)C2)ccc1I. The van der Waals surface area contributed by atoms with Crippen LogP contribution in [-0.2, 0) is 0 Å². The molecule has 0 aliphatic carbocycles. The fraction of sp³-hybridized carbons (Fsp3) is 0.500. The molecular formula is C10H11F2IN2. The van der Waals surface area contributed by atoms with Crippen molar-refractivity contribution in [2.75, 3.05) is 18.0 Å². The highest BCUT2D eigenvalue weighted by atomic mass is 127. The van der Waals surface area contributed by atoms with Gasteiger partial charge in [0, 0.05) is 16.5 Å². The first kappa shape index (κ1) is 11.0. The van der Waals surface area contributed by atoms with Gasteiger partial charge in [-0.3, -0.25) is 0 Å². The van der Waals surface area contributed by atoms with Gasteiger partial charge in [-0.05, 0) is 41.6 Å². The molecule has 1 saturated heterocycles. The van der Waals surface area contributed by atoms with Crippen LogP contribution in [-0.4, -0.2) is 24.0 Å². The van der Waals surface area contributed by atoms with Crippen molar-refractivity contribution in [3.05, 3.63) is 21.4 Å². The summed E-state index contributed by atoms with van der Waals surface area (Å²) in [5.41, 5.74) is 0.892. The highest BCUT2D eigenvalue weighted by Gasteiger charge is 2.38. The van der Waals surface area contributed by atoms with E-state index in [9.17, 15) is 8.78 Å². The average molecular weight is 324 g/mol. The molecule has 15 heavy (non-hydrogen) atoms. The van der Waals surface area contributed by atoms with Crippen LogP contribution in [0, 0.1) is 10.5 Å². The van der Waals surface area contributed by atoms with Gasteiger partial charge in [0.1, 0.15) is 5.82 Å². The van der Waals surface area contributed by atoms with E-state index >= 15 is 0 Å². The first-order valence-corrected chi connectivity index (χ1v) is 5.82. The van der Waals surface area contributed by atoms with E-state index in [-0.39, 0.29) is 13.0 Å². The van der Waals surface area contributed by atoms with Gasteiger partial charge in [-0.1, -0.05) is 0 Å². The lowest BCUT2D eigenvalue weighted by Gasteiger charge is -2.17. The first-order chi connectivity index (χ1) is 6.98. The second-order valence-corrected chi connectivity index (χ2v) is 4.93. The fourth-order valence-corrected chi connectivity index (χ4v) is 1.94. The number of hydrogen-bond acceptors (Lipinski definition) is 2. The summed E-state index contributed by atoms with van der Waals surface area (Å²) in [7, 11) is 0. The highest BCUT2D eigenvalue weighted by molar-refractivity contribution is 14.1. The molecule has 2 rings (SSSR count). The Kier molecular flexibility index (Phi) is 2.83. The van der Waals surface area contributed by atoms with Crippen LogP contribution in [0.25, 0.3) is 0 Å². The molecule has 0 spiro atoms. The topological polar surface area (TPSA) is 16.1 Å². The Balaban J connectivity index is 2.21. The van der Waals surface area contributed by atoms with Crippen LogP contribution >= 0.6 is 22.6 Å². The molecule has 0 amide bonds. The molecule has 1 aliphatic heterocycles. The third-order valence-electron chi connectivity index (χ3n) is 2.50. The minimum absolute atomic E-state index is 0.0697. The van der Waals surface area contributed by atoms with Gasteiger partial charge in [-0.15, -0.1) is 0 Å². The van der Waals surface area contributed by atoms with E-state index in [0.29, 0.717) is 12.4 Å². The minimum Gasteiger partial charge on any atom is -0.350 e. The molecule has 2 heterocycles. The van der Waals surface area contributed by atoms with Gasteiger partial charge in [-0.25, -0.2) is 13.8 Å². The summed E-state index contributed by atoms with van der Waals surface area (Å²) in [4.78, 5) is 5.95. The first-order valence-electron chi connectivity index (χ1n) is 4.74. The van der Waals surface area contributed by atoms with E-state index in [2.05, 4.69) is 27.6 Å². The summed E-state index contributed by atoms with van der Waals surface area (Å²) in [6.07, 6.45) is -0.0697. The molecular weight excluding hydrogens is 313 g/mol. The molecule has 0 bridgehead atoms. The molecule has 1 aromatic heterocycles. The normalized spacial score (nSPS) is 19.6. The standard InChI is InChI=1S/C10H11F2IN2/c1-7-8(13)2-3-9(14-7)15-5-4-10(11,12)6-15/h2-3H,4-6H2,1H3. The lowest BCUT2D eigenvalue weighted by molar-refractivity contribution is 0.0256. The Morgan fingerprint density at radius 3 is 2.73 bits per heavy atom. The van der Waals surface area contributed by atoms with Crippen LogP contribution in [0.5, 0.6) is 0 Å². The van der Waals surface area contributed by atoms with Gasteiger partial charge >= 0.3 is 0 Å². The van der Waals surface area contributed by atoms with Gasteiger partial charge in [0.15, 0.2) is 0 Å². The molecule has 0 unspecified atom stereocenters. The van der Waals surface area contributed by atoms with Crippen molar-refractivity contribution in [2.45, 2.75) is 19.3 Å². The second kappa shape index (κ2) is 3.84. The number of rotatable bonds is 1. The minimum atomic E-state index is -2.56. The molecule has 1 aromatic rings. The van der Waals surface area contributed by atoms with E-state index in [4.69, 9.17) is 0 Å². The van der Waals surface area contributed by atoms with Crippen LogP contribution in [0.15, 0.2) is 12.1 Å². The number of alkyl halides is 2. The molecule has 82 valence electrons. The van der Waals surface area contributed by atoms with Crippen LogP contribution < -0.4 is 4.90 Å². The molecule has 1 fully saturated rings. The maximum absolute atomic E-state index is 13.0. The zero-order valence-electron chi connectivity index (χ0n) is 8.30. The second-order valence-electron chi connectivity index (χ2n) is 3.76. The van der Waals surface area contributed by atoms with Crippen LogP contribution in [0.4, 0.5) is 14.6 Å². The molecule has 0 radical (unpaired) electrons. The number of pyridine rings is 1. The lowest BCUT2D eigenvalue weighted by atomic mass is 10.3. The summed E-state index contributed by atoms with van der Waals surface area (Å²) in [6.45, 7) is 2.07. The fourth-order valence-electron chi connectivity index (χ4n) is 1.64. The summed E-state index contributed by atoms with van der Waals surface area (Å²) < 4.78 is 27.0. The maximum Gasteiger partial charge on any atom is 0.266 e. The smallest absolute Gasteiger partial charge is 0.266 e. The molecule has 0 N–H and O–H groups in total. The molecule has 0 saturated carbocycles. The predicted octanol–water partition coefficient (Wildman–Crippen LogP) is 2.84. The lowest BCUT2D eigenvalue weighted by Crippen LogP contribution is -2.25. The monoisotopic (exact) mass is 324 g/mol. The number of nitrogens with zero attached hydrogens (tertiary/aromatic N) is 2. The Morgan fingerprint density at radius 2 is 2.20 bits per heavy atom. The van der Waals surface area contributed by atoms with Gasteiger partial charge < -0.3 is 4.90 Å². The van der Waals surface area contributed by atoms with Crippen molar-refractivity contribution >= 4 is 28.4 Å². The van der Waals surface area contributed by atoms with Crippen molar-refractivity contribution in [1.29, 1.82) is 0 Å². The van der Waals surface area contributed by atoms with Crippen molar-refractivity contribution in [2.24, 2.45) is 0 Å². The number of hydrogen-bond donors (Lipinski definition) is 0. The zero-order chi connectivity index (χ0) is 11.1. The quantitative estimate of drug-likeness (QED) is 0.739. The van der Waals surface area contributed by atoms with Crippen LogP contribution in [0.3, 0.4) is 0 Å². The van der Waals surface area contributed by atoms with E-state index in [1.807, 2.05) is 13.0 Å². The molecule has 5 heteroatoms.